The van der Waals surface area contributed by atoms with Crippen LogP contribution in [-0.4, -0.2) is 44.1 Å². The molecule has 0 bridgehead atoms. The molecule has 2 aliphatic heterocycles. The second kappa shape index (κ2) is 8.90. The minimum atomic E-state index is -0.867. The Morgan fingerprint density at radius 3 is 2.18 bits per heavy atom. The first kappa shape index (κ1) is 22.1. The van der Waals surface area contributed by atoms with Gasteiger partial charge in [0.25, 0.3) is 0 Å². The zero-order valence-corrected chi connectivity index (χ0v) is 19.1. The third kappa shape index (κ3) is 4.06. The molecule has 0 spiro atoms. The van der Waals surface area contributed by atoms with Crippen molar-refractivity contribution >= 4 is 0 Å². The average Bonchev–Trinajstić information content (AvgIpc) is 3.32. The van der Waals surface area contributed by atoms with Crippen LogP contribution in [0.25, 0.3) is 0 Å². The summed E-state index contributed by atoms with van der Waals surface area (Å²) in [6, 6.07) is 20.4. The van der Waals surface area contributed by atoms with Crippen molar-refractivity contribution in [1.29, 1.82) is 0 Å². The average molecular weight is 445 g/mol. The van der Waals surface area contributed by atoms with Crippen LogP contribution in [0.2, 0.25) is 0 Å². The molecular formula is C28H28O5. The van der Waals surface area contributed by atoms with E-state index in [0.29, 0.717) is 0 Å². The van der Waals surface area contributed by atoms with Gasteiger partial charge in [-0.25, -0.2) is 0 Å². The fraction of sp³-hybridized carbons (Fsp3) is 0.357. The van der Waals surface area contributed by atoms with Gasteiger partial charge < -0.3 is 23.7 Å². The summed E-state index contributed by atoms with van der Waals surface area (Å²) in [7, 11) is 1.67. The van der Waals surface area contributed by atoms with E-state index in [9.17, 15) is 0 Å². The van der Waals surface area contributed by atoms with Gasteiger partial charge in [0.2, 0.25) is 0 Å². The predicted octanol–water partition coefficient (Wildman–Crippen LogP) is 4.64. The van der Waals surface area contributed by atoms with Crippen molar-refractivity contribution in [2.75, 3.05) is 13.7 Å². The van der Waals surface area contributed by atoms with Crippen LogP contribution in [0.4, 0.5) is 0 Å². The molecule has 4 atom stereocenters. The van der Waals surface area contributed by atoms with Crippen LogP contribution >= 0.6 is 0 Å². The summed E-state index contributed by atoms with van der Waals surface area (Å²) in [5.41, 5.74) is 8.20. The summed E-state index contributed by atoms with van der Waals surface area (Å²) in [6.07, 6.45) is 4.35. The molecule has 0 saturated carbocycles. The summed E-state index contributed by atoms with van der Waals surface area (Å²) < 4.78 is 30.9. The normalized spacial score (nSPS) is 27.5. The highest BCUT2D eigenvalue weighted by Gasteiger charge is 2.55. The molecule has 3 aliphatic rings. The van der Waals surface area contributed by atoms with E-state index in [-0.39, 0.29) is 24.9 Å². The highest BCUT2D eigenvalue weighted by molar-refractivity contribution is 5.51. The molecule has 1 aliphatic carbocycles. The van der Waals surface area contributed by atoms with Crippen LogP contribution in [0.3, 0.4) is 0 Å². The molecule has 170 valence electrons. The fourth-order valence-corrected chi connectivity index (χ4v) is 4.84. The van der Waals surface area contributed by atoms with Crippen LogP contribution in [-0.2, 0) is 29.3 Å². The van der Waals surface area contributed by atoms with Crippen LogP contribution in [0.5, 0.6) is 0 Å². The van der Waals surface area contributed by atoms with E-state index in [2.05, 4.69) is 35.7 Å². The molecule has 2 fully saturated rings. The predicted molar refractivity (Wildman–Crippen MR) is 123 cm³/mol. The molecule has 0 radical (unpaired) electrons. The molecule has 0 N–H and O–H groups in total. The van der Waals surface area contributed by atoms with Crippen molar-refractivity contribution in [2.24, 2.45) is 0 Å². The third-order valence-electron chi connectivity index (χ3n) is 6.25. The zero-order valence-electron chi connectivity index (χ0n) is 19.1. The Labute approximate surface area is 194 Å². The Morgan fingerprint density at radius 1 is 0.939 bits per heavy atom. The van der Waals surface area contributed by atoms with Gasteiger partial charge in [0.1, 0.15) is 23.9 Å². The Morgan fingerprint density at radius 2 is 1.61 bits per heavy atom. The summed E-state index contributed by atoms with van der Waals surface area (Å²) in [5, 5.41) is 0. The van der Waals surface area contributed by atoms with Crippen LogP contribution in [0.1, 0.15) is 25.0 Å². The fourth-order valence-electron chi connectivity index (χ4n) is 4.84. The van der Waals surface area contributed by atoms with Crippen LogP contribution in [0.15, 0.2) is 95.9 Å². The van der Waals surface area contributed by atoms with Crippen molar-refractivity contribution in [3.63, 3.8) is 0 Å². The van der Waals surface area contributed by atoms with E-state index in [1.54, 1.807) is 7.11 Å². The largest absolute Gasteiger partial charge is 0.376 e. The number of ether oxygens (including phenoxy) is 5. The first-order valence-electron chi connectivity index (χ1n) is 11.2. The van der Waals surface area contributed by atoms with E-state index in [1.165, 1.54) is 0 Å². The lowest BCUT2D eigenvalue weighted by molar-refractivity contribution is -0.225. The molecule has 2 aromatic rings. The minimum Gasteiger partial charge on any atom is -0.376 e. The van der Waals surface area contributed by atoms with Crippen LogP contribution < -0.4 is 0 Å². The SMILES string of the molecule is CO[C@@H]1[C@H]2OC(C)(C)O[C@H]2O[C@@H]1COC(C1=CC=C=C=C1)(c1ccccc1)c1ccccc1. The number of allylic oxidation sites excluding steroid dienone is 2. The number of fused-ring (bicyclic) bond motifs is 1. The number of hydrogen-bond acceptors (Lipinski definition) is 5. The second-order valence-electron chi connectivity index (χ2n) is 8.79. The van der Waals surface area contributed by atoms with Crippen molar-refractivity contribution in [3.8, 4) is 0 Å². The first-order valence-corrected chi connectivity index (χ1v) is 11.2. The van der Waals surface area contributed by atoms with E-state index in [4.69, 9.17) is 23.7 Å². The van der Waals surface area contributed by atoms with E-state index in [1.807, 2.05) is 68.5 Å². The quantitative estimate of drug-likeness (QED) is 0.582. The lowest BCUT2D eigenvalue weighted by atomic mass is 9.79. The Hall–Kier alpha value is -2.72. The number of hydrogen-bond donors (Lipinski definition) is 0. The van der Waals surface area contributed by atoms with Gasteiger partial charge in [-0.2, -0.15) is 0 Å². The zero-order chi connectivity index (χ0) is 22.9. The maximum absolute atomic E-state index is 6.87. The molecule has 2 heterocycles. The van der Waals surface area contributed by atoms with Gasteiger partial charge in [0, 0.05) is 12.7 Å². The van der Waals surface area contributed by atoms with E-state index in [0.717, 1.165) is 16.7 Å². The highest BCUT2D eigenvalue weighted by Crippen LogP contribution is 2.44. The smallest absolute Gasteiger partial charge is 0.190 e. The Bertz CT molecular complexity index is 1070. The molecule has 0 aromatic heterocycles. The first-order chi connectivity index (χ1) is 16.0. The number of methoxy groups -OCH3 is 1. The molecular weight excluding hydrogens is 416 g/mol. The van der Waals surface area contributed by atoms with Gasteiger partial charge in [-0.3, -0.25) is 0 Å². The van der Waals surface area contributed by atoms with Gasteiger partial charge >= 0.3 is 0 Å². The van der Waals surface area contributed by atoms with Crippen molar-refractivity contribution in [3.05, 3.63) is 107 Å². The molecule has 0 unspecified atom stereocenters. The highest BCUT2D eigenvalue weighted by atomic mass is 16.8. The Balaban J connectivity index is 1.52. The van der Waals surface area contributed by atoms with Crippen molar-refractivity contribution < 1.29 is 23.7 Å². The molecule has 5 rings (SSSR count). The second-order valence-corrected chi connectivity index (χ2v) is 8.79. The minimum absolute atomic E-state index is 0.279. The molecule has 5 heteroatoms. The lowest BCUT2D eigenvalue weighted by Crippen LogP contribution is -2.42. The summed E-state index contributed by atoms with van der Waals surface area (Å²) in [6.45, 7) is 4.04. The van der Waals surface area contributed by atoms with Gasteiger partial charge in [-0.05, 0) is 43.2 Å². The van der Waals surface area contributed by atoms with E-state index < -0.39 is 17.7 Å². The molecule has 2 saturated heterocycles. The summed E-state index contributed by atoms with van der Waals surface area (Å²) >= 11 is 0. The monoisotopic (exact) mass is 444 g/mol. The number of benzene rings is 2. The molecule has 2 aromatic carbocycles. The Kier molecular flexibility index (Phi) is 5.96. The summed E-state index contributed by atoms with van der Waals surface area (Å²) in [5.74, 6) is -0.702. The standard InChI is InChI=1S/C28H28O5/c1-27(2)32-25-24(29-3)23(31-26(25)33-27)19-30-28(20-13-7-4-8-14-20,21-15-9-5-10-16-21)22-17-11-6-12-18-22/h4-5,7-11,13-18,23-26H,19H2,1-3H3/t23-,24+,25-,26-/m1/s1. The molecule has 0 amide bonds. The molecule has 33 heavy (non-hydrogen) atoms. The van der Waals surface area contributed by atoms with Crippen LogP contribution in [0, 0.1) is 0 Å². The maximum Gasteiger partial charge on any atom is 0.190 e. The lowest BCUT2D eigenvalue weighted by Gasteiger charge is -2.38. The van der Waals surface area contributed by atoms with Gasteiger partial charge in [0.05, 0.1) is 6.61 Å². The van der Waals surface area contributed by atoms with Crippen molar-refractivity contribution in [1.82, 2.24) is 0 Å². The van der Waals surface area contributed by atoms with Crippen molar-refractivity contribution in [2.45, 2.75) is 49.8 Å². The number of rotatable bonds is 7. The topological polar surface area (TPSA) is 46.2 Å². The third-order valence-corrected chi connectivity index (χ3v) is 6.25. The summed E-state index contributed by atoms with van der Waals surface area (Å²) in [4.78, 5) is 0. The van der Waals surface area contributed by atoms with Gasteiger partial charge in [-0.1, -0.05) is 72.1 Å². The maximum atomic E-state index is 6.87. The van der Waals surface area contributed by atoms with Gasteiger partial charge in [-0.15, -0.1) is 0 Å². The van der Waals surface area contributed by atoms with Gasteiger partial charge in [0.15, 0.2) is 12.1 Å². The van der Waals surface area contributed by atoms with E-state index >= 15 is 0 Å². The molecule has 5 nitrogen and oxygen atoms in total.